The molecule has 2 nitrogen and oxygen atoms in total. The molecule has 2 atom stereocenters. The molecule has 0 saturated heterocycles. The second kappa shape index (κ2) is 4.95. The van der Waals surface area contributed by atoms with Crippen LogP contribution in [-0.4, -0.2) is 12.2 Å². The van der Waals surface area contributed by atoms with Gasteiger partial charge in [0.15, 0.2) is 0 Å². The van der Waals surface area contributed by atoms with Crippen LogP contribution < -0.4 is 4.74 Å². The van der Waals surface area contributed by atoms with Crippen LogP contribution in [0.25, 0.3) is 0 Å². The predicted molar refractivity (Wildman–Crippen MR) is 80.3 cm³/mol. The second-order valence-electron chi connectivity index (χ2n) is 5.64. The molecule has 0 saturated carbocycles. The van der Waals surface area contributed by atoms with Crippen molar-refractivity contribution in [1.82, 2.24) is 0 Å². The monoisotopic (exact) mass is 268 g/mol. The van der Waals surface area contributed by atoms with Crippen molar-refractivity contribution in [2.75, 3.05) is 7.11 Å². The quantitative estimate of drug-likeness (QED) is 0.920. The maximum absolute atomic E-state index is 10.7. The Hall–Kier alpha value is -1.80. The molecule has 2 aromatic carbocycles. The molecule has 0 heterocycles. The number of hydrogen-bond donors (Lipinski definition) is 1. The lowest BCUT2D eigenvalue weighted by atomic mass is 9.73. The van der Waals surface area contributed by atoms with E-state index in [0.29, 0.717) is 0 Å². The molecule has 1 aliphatic rings. The van der Waals surface area contributed by atoms with Crippen molar-refractivity contribution in [2.45, 2.75) is 32.3 Å². The SMILES string of the molecule is COc1c(C)cc(C(O)C2Cc3ccccc32)cc1C. The Kier molecular flexibility index (Phi) is 3.27. The second-order valence-corrected chi connectivity index (χ2v) is 5.64. The molecule has 0 amide bonds. The molecule has 2 heteroatoms. The Morgan fingerprint density at radius 3 is 2.40 bits per heavy atom. The molecule has 1 aliphatic carbocycles. The van der Waals surface area contributed by atoms with E-state index in [1.54, 1.807) is 7.11 Å². The molecular weight excluding hydrogens is 248 g/mol. The number of aliphatic hydroxyl groups is 1. The molecule has 2 aromatic rings. The Bertz CT molecular complexity index is 623. The first-order chi connectivity index (χ1) is 9.61. The van der Waals surface area contributed by atoms with Gasteiger partial charge in [0.05, 0.1) is 13.2 Å². The van der Waals surface area contributed by atoms with Gasteiger partial charge in [0, 0.05) is 5.92 Å². The first-order valence-electron chi connectivity index (χ1n) is 7.03. The van der Waals surface area contributed by atoms with Crippen molar-refractivity contribution in [3.8, 4) is 5.75 Å². The van der Waals surface area contributed by atoms with Gasteiger partial charge in [-0.1, -0.05) is 24.3 Å². The van der Waals surface area contributed by atoms with E-state index in [0.717, 1.165) is 28.9 Å². The molecule has 104 valence electrons. The van der Waals surface area contributed by atoms with Crippen LogP contribution in [0.2, 0.25) is 0 Å². The molecule has 0 bridgehead atoms. The lowest BCUT2D eigenvalue weighted by Gasteiger charge is -2.34. The summed E-state index contributed by atoms with van der Waals surface area (Å²) in [6.07, 6.45) is 0.523. The summed E-state index contributed by atoms with van der Waals surface area (Å²) in [6, 6.07) is 12.4. The first kappa shape index (κ1) is 13.2. The van der Waals surface area contributed by atoms with Gasteiger partial charge in [0.1, 0.15) is 5.75 Å². The van der Waals surface area contributed by atoms with Gasteiger partial charge in [0.2, 0.25) is 0 Å². The fraction of sp³-hybridized carbons (Fsp3) is 0.333. The van der Waals surface area contributed by atoms with E-state index in [1.807, 2.05) is 32.0 Å². The van der Waals surface area contributed by atoms with Gasteiger partial charge in [-0.05, 0) is 60.2 Å². The number of benzene rings is 2. The topological polar surface area (TPSA) is 29.5 Å². The average molecular weight is 268 g/mol. The summed E-state index contributed by atoms with van der Waals surface area (Å²) in [5, 5.41) is 10.7. The third kappa shape index (κ3) is 2.01. The van der Waals surface area contributed by atoms with E-state index >= 15 is 0 Å². The fourth-order valence-corrected chi connectivity index (χ4v) is 3.29. The largest absolute Gasteiger partial charge is 0.496 e. The summed E-state index contributed by atoms with van der Waals surface area (Å²) in [5.41, 5.74) is 5.79. The molecule has 2 unspecified atom stereocenters. The molecule has 0 fully saturated rings. The minimum atomic E-state index is -0.437. The van der Waals surface area contributed by atoms with Crippen LogP contribution in [0.1, 0.15) is 39.8 Å². The van der Waals surface area contributed by atoms with E-state index in [9.17, 15) is 5.11 Å². The number of aliphatic hydroxyl groups excluding tert-OH is 1. The maximum Gasteiger partial charge on any atom is 0.124 e. The minimum absolute atomic E-state index is 0.221. The maximum atomic E-state index is 10.7. The van der Waals surface area contributed by atoms with Crippen LogP contribution in [0.3, 0.4) is 0 Å². The van der Waals surface area contributed by atoms with Gasteiger partial charge >= 0.3 is 0 Å². The number of fused-ring (bicyclic) bond motifs is 1. The van der Waals surface area contributed by atoms with Crippen LogP contribution in [0.5, 0.6) is 5.75 Å². The van der Waals surface area contributed by atoms with Crippen LogP contribution in [0.15, 0.2) is 36.4 Å². The van der Waals surface area contributed by atoms with Gasteiger partial charge in [-0.2, -0.15) is 0 Å². The third-order valence-electron chi connectivity index (χ3n) is 4.30. The Morgan fingerprint density at radius 2 is 1.80 bits per heavy atom. The average Bonchev–Trinajstić information content (AvgIpc) is 2.39. The van der Waals surface area contributed by atoms with E-state index < -0.39 is 6.10 Å². The summed E-state index contributed by atoms with van der Waals surface area (Å²) in [5.74, 6) is 1.13. The summed E-state index contributed by atoms with van der Waals surface area (Å²) in [6.45, 7) is 4.05. The Morgan fingerprint density at radius 1 is 1.15 bits per heavy atom. The van der Waals surface area contributed by atoms with Crippen molar-refractivity contribution in [3.05, 3.63) is 64.2 Å². The third-order valence-corrected chi connectivity index (χ3v) is 4.30. The van der Waals surface area contributed by atoms with Crippen LogP contribution in [-0.2, 0) is 6.42 Å². The van der Waals surface area contributed by atoms with Crippen molar-refractivity contribution < 1.29 is 9.84 Å². The van der Waals surface area contributed by atoms with Crippen LogP contribution in [0.4, 0.5) is 0 Å². The molecule has 0 aromatic heterocycles. The molecule has 0 radical (unpaired) electrons. The van der Waals surface area contributed by atoms with Gasteiger partial charge in [-0.15, -0.1) is 0 Å². The number of rotatable bonds is 3. The zero-order valence-corrected chi connectivity index (χ0v) is 12.2. The standard InChI is InChI=1S/C18H20O2/c1-11-8-14(9-12(2)18(11)20-3)17(19)16-10-13-6-4-5-7-15(13)16/h4-9,16-17,19H,10H2,1-3H3. The van der Waals surface area contributed by atoms with Gasteiger partial charge in [-0.25, -0.2) is 0 Å². The number of ether oxygens (including phenoxy) is 1. The first-order valence-corrected chi connectivity index (χ1v) is 7.03. The lowest BCUT2D eigenvalue weighted by molar-refractivity contribution is 0.134. The normalized spacial score (nSPS) is 18.1. The summed E-state index contributed by atoms with van der Waals surface area (Å²) < 4.78 is 5.39. The lowest BCUT2D eigenvalue weighted by Crippen LogP contribution is -2.23. The highest BCUT2D eigenvalue weighted by Crippen LogP contribution is 2.44. The van der Waals surface area contributed by atoms with Crippen molar-refractivity contribution in [2.24, 2.45) is 0 Å². The minimum Gasteiger partial charge on any atom is -0.496 e. The molecule has 1 N–H and O–H groups in total. The molecule has 0 spiro atoms. The van der Waals surface area contributed by atoms with Gasteiger partial charge in [-0.3, -0.25) is 0 Å². The van der Waals surface area contributed by atoms with Crippen molar-refractivity contribution >= 4 is 0 Å². The number of hydrogen-bond acceptors (Lipinski definition) is 2. The highest BCUT2D eigenvalue weighted by atomic mass is 16.5. The molecule has 3 rings (SSSR count). The van der Waals surface area contributed by atoms with E-state index in [-0.39, 0.29) is 5.92 Å². The number of methoxy groups -OCH3 is 1. The molecule has 20 heavy (non-hydrogen) atoms. The van der Waals surface area contributed by atoms with Crippen LogP contribution >= 0.6 is 0 Å². The zero-order valence-electron chi connectivity index (χ0n) is 12.2. The fourth-order valence-electron chi connectivity index (χ4n) is 3.29. The van der Waals surface area contributed by atoms with E-state index in [1.165, 1.54) is 11.1 Å². The van der Waals surface area contributed by atoms with Crippen molar-refractivity contribution in [1.29, 1.82) is 0 Å². The zero-order chi connectivity index (χ0) is 14.3. The summed E-state index contributed by atoms with van der Waals surface area (Å²) in [4.78, 5) is 0. The smallest absolute Gasteiger partial charge is 0.124 e. The van der Waals surface area contributed by atoms with Crippen molar-refractivity contribution in [3.63, 3.8) is 0 Å². The Labute approximate surface area is 120 Å². The highest BCUT2D eigenvalue weighted by Gasteiger charge is 2.32. The summed E-state index contributed by atoms with van der Waals surface area (Å²) >= 11 is 0. The highest BCUT2D eigenvalue weighted by molar-refractivity contribution is 5.47. The molecular formula is C18H20O2. The van der Waals surface area contributed by atoms with E-state index in [2.05, 4.69) is 18.2 Å². The van der Waals surface area contributed by atoms with E-state index in [4.69, 9.17) is 4.74 Å². The van der Waals surface area contributed by atoms with Gasteiger partial charge < -0.3 is 9.84 Å². The van der Waals surface area contributed by atoms with Gasteiger partial charge in [0.25, 0.3) is 0 Å². The summed E-state index contributed by atoms with van der Waals surface area (Å²) in [7, 11) is 1.69. The van der Waals surface area contributed by atoms with Crippen LogP contribution in [0, 0.1) is 13.8 Å². The Balaban J connectivity index is 1.91. The molecule has 0 aliphatic heterocycles. The number of aryl methyl sites for hydroxylation is 2. The predicted octanol–water partition coefficient (Wildman–Crippen LogP) is 3.69.